The van der Waals surface area contributed by atoms with E-state index in [0.29, 0.717) is 18.6 Å². The smallest absolute Gasteiger partial charge is 0.123 e. The summed E-state index contributed by atoms with van der Waals surface area (Å²) in [5.74, 6) is -0.263. The maximum Gasteiger partial charge on any atom is 0.123 e. The third-order valence-electron chi connectivity index (χ3n) is 4.09. The fourth-order valence-electron chi connectivity index (χ4n) is 3.04. The molecule has 2 saturated heterocycles. The molecular formula is C15H20FNO2. The first-order chi connectivity index (χ1) is 9.20. The molecule has 0 spiro atoms. The molecule has 1 aromatic carbocycles. The number of fused-ring (bicyclic) bond motifs is 2. The summed E-state index contributed by atoms with van der Waals surface area (Å²) in [4.78, 5) is 2.37. The summed E-state index contributed by atoms with van der Waals surface area (Å²) in [6.07, 6.45) is 3.29. The first-order valence-electron chi connectivity index (χ1n) is 7.02. The Kier molecular flexibility index (Phi) is 3.82. The van der Waals surface area contributed by atoms with Crippen molar-refractivity contribution in [3.05, 3.63) is 35.6 Å². The summed E-state index contributed by atoms with van der Waals surface area (Å²) in [5, 5.41) is 10.1. The summed E-state index contributed by atoms with van der Waals surface area (Å²) < 4.78 is 18.6. The molecule has 2 fully saturated rings. The molecule has 3 unspecified atom stereocenters. The Morgan fingerprint density at radius 2 is 1.84 bits per heavy atom. The van der Waals surface area contributed by atoms with Crippen LogP contribution in [0.5, 0.6) is 0 Å². The van der Waals surface area contributed by atoms with E-state index >= 15 is 0 Å². The second kappa shape index (κ2) is 5.57. The van der Waals surface area contributed by atoms with Crippen molar-refractivity contribution in [2.75, 3.05) is 19.6 Å². The van der Waals surface area contributed by atoms with Crippen LogP contribution in [0.15, 0.2) is 24.3 Å². The Balaban J connectivity index is 1.50. The minimum atomic E-state index is -0.513. The average Bonchev–Trinajstić information content (AvgIpc) is 2.76. The van der Waals surface area contributed by atoms with Gasteiger partial charge in [-0.15, -0.1) is 0 Å². The number of nitrogens with zero attached hydrogens (tertiary/aromatic N) is 1. The van der Waals surface area contributed by atoms with E-state index in [0.717, 1.165) is 25.2 Å². The maximum absolute atomic E-state index is 12.8. The van der Waals surface area contributed by atoms with Crippen LogP contribution in [0, 0.1) is 5.82 Å². The fourth-order valence-corrected chi connectivity index (χ4v) is 3.04. The van der Waals surface area contributed by atoms with Crippen LogP contribution in [0.2, 0.25) is 0 Å². The van der Waals surface area contributed by atoms with E-state index in [1.54, 1.807) is 12.1 Å². The number of aliphatic hydroxyl groups excluding tert-OH is 1. The minimum Gasteiger partial charge on any atom is -0.388 e. The number of halogens is 1. The van der Waals surface area contributed by atoms with Crippen molar-refractivity contribution >= 4 is 0 Å². The van der Waals surface area contributed by atoms with Crippen molar-refractivity contribution in [3.63, 3.8) is 0 Å². The van der Waals surface area contributed by atoms with Gasteiger partial charge in [-0.25, -0.2) is 4.39 Å². The third kappa shape index (κ3) is 3.14. The summed E-state index contributed by atoms with van der Waals surface area (Å²) in [5.41, 5.74) is 0.789. The average molecular weight is 265 g/mol. The van der Waals surface area contributed by atoms with Crippen LogP contribution in [-0.4, -0.2) is 41.8 Å². The number of ether oxygens (including phenoxy) is 1. The number of likely N-dealkylation sites (tertiary alicyclic amines) is 1. The lowest BCUT2D eigenvalue weighted by molar-refractivity contribution is -0.0414. The lowest BCUT2D eigenvalue weighted by Crippen LogP contribution is -2.43. The molecule has 0 amide bonds. The van der Waals surface area contributed by atoms with Crippen LogP contribution in [0.3, 0.4) is 0 Å². The van der Waals surface area contributed by atoms with Gasteiger partial charge in [-0.3, -0.25) is 4.90 Å². The van der Waals surface area contributed by atoms with Gasteiger partial charge in [-0.05, 0) is 37.0 Å². The van der Waals surface area contributed by atoms with E-state index in [1.807, 2.05) is 0 Å². The van der Waals surface area contributed by atoms with E-state index < -0.39 is 6.10 Å². The maximum atomic E-state index is 12.8. The summed E-state index contributed by atoms with van der Waals surface area (Å²) in [6, 6.07) is 6.10. The van der Waals surface area contributed by atoms with E-state index in [1.165, 1.54) is 25.0 Å². The second-order valence-corrected chi connectivity index (χ2v) is 5.57. The van der Waals surface area contributed by atoms with Gasteiger partial charge in [0, 0.05) is 19.6 Å². The summed E-state index contributed by atoms with van der Waals surface area (Å²) >= 11 is 0. The molecule has 0 saturated carbocycles. The molecular weight excluding hydrogens is 245 g/mol. The number of benzene rings is 1. The van der Waals surface area contributed by atoms with E-state index in [4.69, 9.17) is 4.74 Å². The number of aliphatic hydroxyl groups is 1. The molecule has 19 heavy (non-hydrogen) atoms. The number of hydrogen-bond donors (Lipinski definition) is 1. The van der Waals surface area contributed by atoms with E-state index in [9.17, 15) is 9.50 Å². The molecule has 0 aromatic heterocycles. The molecule has 3 rings (SSSR count). The molecule has 1 aromatic rings. The van der Waals surface area contributed by atoms with Crippen molar-refractivity contribution in [1.29, 1.82) is 0 Å². The number of hydrogen-bond acceptors (Lipinski definition) is 3. The fraction of sp³-hybridized carbons (Fsp3) is 0.600. The van der Waals surface area contributed by atoms with Crippen molar-refractivity contribution in [3.8, 4) is 0 Å². The Morgan fingerprint density at radius 1 is 1.21 bits per heavy atom. The third-order valence-corrected chi connectivity index (χ3v) is 4.09. The van der Waals surface area contributed by atoms with E-state index in [-0.39, 0.29) is 5.82 Å². The Hall–Kier alpha value is -0.970. The quantitative estimate of drug-likeness (QED) is 0.905. The Morgan fingerprint density at radius 3 is 2.47 bits per heavy atom. The van der Waals surface area contributed by atoms with Gasteiger partial charge in [-0.2, -0.15) is 0 Å². The Labute approximate surface area is 113 Å². The van der Waals surface area contributed by atoms with Crippen LogP contribution < -0.4 is 0 Å². The molecule has 2 bridgehead atoms. The summed E-state index contributed by atoms with van der Waals surface area (Å²) in [7, 11) is 0. The van der Waals surface area contributed by atoms with Crippen LogP contribution >= 0.6 is 0 Å². The largest absolute Gasteiger partial charge is 0.388 e. The lowest BCUT2D eigenvalue weighted by atomic mass is 10.1. The zero-order chi connectivity index (χ0) is 13.2. The predicted molar refractivity (Wildman–Crippen MR) is 70.3 cm³/mol. The topological polar surface area (TPSA) is 32.7 Å². The molecule has 0 radical (unpaired) electrons. The van der Waals surface area contributed by atoms with Crippen LogP contribution in [-0.2, 0) is 4.74 Å². The molecule has 3 nitrogen and oxygen atoms in total. The molecule has 0 aliphatic carbocycles. The molecule has 4 heteroatoms. The van der Waals surface area contributed by atoms with Crippen LogP contribution in [0.4, 0.5) is 4.39 Å². The monoisotopic (exact) mass is 265 g/mol. The standard InChI is InChI=1S/C15H20FNO2/c16-12-3-1-11(2-4-12)15(18)7-8-17-9-13-5-6-14(10-17)19-13/h1-4,13-15,18H,5-10H2. The van der Waals surface area contributed by atoms with E-state index in [2.05, 4.69) is 4.90 Å². The highest BCUT2D eigenvalue weighted by molar-refractivity contribution is 5.18. The van der Waals surface area contributed by atoms with Crippen molar-refractivity contribution in [2.45, 2.75) is 37.6 Å². The molecule has 104 valence electrons. The predicted octanol–water partition coefficient (Wildman–Crippen LogP) is 2.11. The Bertz CT molecular complexity index is 411. The van der Waals surface area contributed by atoms with Crippen LogP contribution in [0.25, 0.3) is 0 Å². The van der Waals surface area contributed by atoms with Crippen molar-refractivity contribution in [2.24, 2.45) is 0 Å². The van der Waals surface area contributed by atoms with Gasteiger partial charge in [0.15, 0.2) is 0 Å². The first kappa shape index (κ1) is 13.0. The van der Waals surface area contributed by atoms with Gasteiger partial charge < -0.3 is 9.84 Å². The van der Waals surface area contributed by atoms with Gasteiger partial charge >= 0.3 is 0 Å². The van der Waals surface area contributed by atoms with Gasteiger partial charge in [-0.1, -0.05) is 12.1 Å². The van der Waals surface area contributed by atoms with Gasteiger partial charge in [0.25, 0.3) is 0 Å². The molecule has 3 atom stereocenters. The first-order valence-corrected chi connectivity index (χ1v) is 7.02. The van der Waals surface area contributed by atoms with Crippen molar-refractivity contribution in [1.82, 2.24) is 4.90 Å². The number of morpholine rings is 1. The van der Waals surface area contributed by atoms with Crippen molar-refractivity contribution < 1.29 is 14.2 Å². The highest BCUT2D eigenvalue weighted by Crippen LogP contribution is 2.27. The molecule has 2 aliphatic rings. The zero-order valence-electron chi connectivity index (χ0n) is 11.0. The van der Waals surface area contributed by atoms with Gasteiger partial charge in [0.05, 0.1) is 18.3 Å². The normalized spacial score (nSPS) is 28.5. The van der Waals surface area contributed by atoms with Gasteiger partial charge in [0.2, 0.25) is 0 Å². The highest BCUT2D eigenvalue weighted by atomic mass is 19.1. The zero-order valence-corrected chi connectivity index (χ0v) is 11.0. The SMILES string of the molecule is OC(CCN1CC2CCC(C1)O2)c1ccc(F)cc1. The second-order valence-electron chi connectivity index (χ2n) is 5.57. The highest BCUT2D eigenvalue weighted by Gasteiger charge is 2.33. The number of rotatable bonds is 4. The summed E-state index contributed by atoms with van der Waals surface area (Å²) in [6.45, 7) is 2.83. The lowest BCUT2D eigenvalue weighted by Gasteiger charge is -2.32. The minimum absolute atomic E-state index is 0.263. The molecule has 2 heterocycles. The molecule has 1 N–H and O–H groups in total. The van der Waals surface area contributed by atoms with Crippen LogP contribution in [0.1, 0.15) is 30.9 Å². The van der Waals surface area contributed by atoms with Gasteiger partial charge in [0.1, 0.15) is 5.82 Å². The molecule has 2 aliphatic heterocycles.